The fraction of sp³-hybridized carbons (Fsp3) is 0. The van der Waals surface area contributed by atoms with Crippen molar-refractivity contribution in [3.63, 3.8) is 0 Å². The van der Waals surface area contributed by atoms with Gasteiger partial charge in [-0.15, -0.1) is 10.2 Å². The Morgan fingerprint density at radius 3 is 2.62 bits per heavy atom. The highest BCUT2D eigenvalue weighted by Crippen LogP contribution is 2.27. The minimum Gasteiger partial charge on any atom is -0.461 e. The lowest BCUT2D eigenvalue weighted by Crippen LogP contribution is -1.85. The summed E-state index contributed by atoms with van der Waals surface area (Å²) in [5.74, 6) is 0.657. The van der Waals surface area contributed by atoms with Crippen molar-refractivity contribution < 1.29 is 4.42 Å². The third kappa shape index (κ3) is 1.73. The highest BCUT2D eigenvalue weighted by molar-refractivity contribution is 9.10. The number of hydrogen-bond donors (Lipinski definition) is 0. The Bertz CT molecular complexity index is 412. The van der Waals surface area contributed by atoms with Gasteiger partial charge in [-0.05, 0) is 34.1 Å². The van der Waals surface area contributed by atoms with Crippen LogP contribution >= 0.6 is 27.5 Å². The molecule has 0 aliphatic rings. The van der Waals surface area contributed by atoms with Crippen LogP contribution in [0.15, 0.2) is 33.4 Å². The summed E-state index contributed by atoms with van der Waals surface area (Å²) in [5.41, 5.74) is 0.654. The topological polar surface area (TPSA) is 38.9 Å². The van der Waals surface area contributed by atoms with Crippen LogP contribution in [0.25, 0.3) is 11.5 Å². The van der Waals surface area contributed by atoms with E-state index in [9.17, 15) is 0 Å². The van der Waals surface area contributed by atoms with Crippen molar-refractivity contribution in [2.75, 3.05) is 0 Å². The largest absolute Gasteiger partial charge is 0.461 e. The molecule has 2 aromatic rings. The molecule has 13 heavy (non-hydrogen) atoms. The molecule has 0 aromatic carbocycles. The average Bonchev–Trinajstić information content (AvgIpc) is 2.53. The summed E-state index contributed by atoms with van der Waals surface area (Å²) < 4.78 is 6.05. The van der Waals surface area contributed by atoms with Gasteiger partial charge in [-0.25, -0.2) is 0 Å². The van der Waals surface area contributed by atoms with E-state index in [2.05, 4.69) is 26.1 Å². The molecule has 0 saturated heterocycles. The Hall–Kier alpha value is -0.870. The molecule has 0 atom stereocenters. The van der Waals surface area contributed by atoms with Crippen LogP contribution < -0.4 is 0 Å². The van der Waals surface area contributed by atoms with Crippen LogP contribution in [0.4, 0.5) is 0 Å². The zero-order valence-electron chi connectivity index (χ0n) is 6.37. The van der Waals surface area contributed by atoms with Gasteiger partial charge in [-0.3, -0.25) is 0 Å². The van der Waals surface area contributed by atoms with Crippen molar-refractivity contribution in [1.82, 2.24) is 10.2 Å². The van der Waals surface area contributed by atoms with E-state index < -0.39 is 0 Å². The zero-order chi connectivity index (χ0) is 9.26. The minimum absolute atomic E-state index is 0.367. The molecular formula is C8H4BrClN2O. The smallest absolute Gasteiger partial charge is 0.168 e. The maximum atomic E-state index is 5.60. The van der Waals surface area contributed by atoms with Crippen LogP contribution in [-0.4, -0.2) is 10.2 Å². The second-order valence-electron chi connectivity index (χ2n) is 2.34. The maximum absolute atomic E-state index is 5.60. The normalized spacial score (nSPS) is 10.3. The van der Waals surface area contributed by atoms with E-state index in [0.29, 0.717) is 16.6 Å². The Morgan fingerprint density at radius 1 is 1.23 bits per heavy atom. The van der Waals surface area contributed by atoms with Gasteiger partial charge in [-0.1, -0.05) is 11.6 Å². The summed E-state index contributed by atoms with van der Waals surface area (Å²) in [6.07, 6.45) is 1.58. The second kappa shape index (κ2) is 3.47. The zero-order valence-corrected chi connectivity index (χ0v) is 8.71. The lowest BCUT2D eigenvalue weighted by Gasteiger charge is -1.94. The van der Waals surface area contributed by atoms with Crippen LogP contribution in [0.2, 0.25) is 5.15 Å². The average molecular weight is 259 g/mol. The van der Waals surface area contributed by atoms with Crippen molar-refractivity contribution in [3.8, 4) is 11.5 Å². The molecule has 0 bridgehead atoms. The molecular weight excluding hydrogens is 255 g/mol. The van der Waals surface area contributed by atoms with Gasteiger partial charge < -0.3 is 4.42 Å². The molecule has 2 rings (SSSR count). The minimum atomic E-state index is 0.367. The van der Waals surface area contributed by atoms with Gasteiger partial charge in [0, 0.05) is 0 Å². The Labute approximate surface area is 87.9 Å². The number of nitrogens with zero attached hydrogens (tertiary/aromatic N) is 2. The summed E-state index contributed by atoms with van der Waals surface area (Å²) in [4.78, 5) is 0. The summed E-state index contributed by atoms with van der Waals surface area (Å²) in [7, 11) is 0. The van der Waals surface area contributed by atoms with Crippen LogP contribution in [0.1, 0.15) is 0 Å². The van der Waals surface area contributed by atoms with E-state index in [0.717, 1.165) is 4.47 Å². The molecule has 0 radical (unpaired) electrons. The predicted molar refractivity (Wildman–Crippen MR) is 52.4 cm³/mol. The molecule has 66 valence electrons. The van der Waals surface area contributed by atoms with Crippen molar-refractivity contribution in [1.29, 1.82) is 0 Å². The van der Waals surface area contributed by atoms with Crippen molar-refractivity contribution in [3.05, 3.63) is 34.1 Å². The molecule has 0 saturated carbocycles. The molecule has 0 N–H and O–H groups in total. The first-order valence-corrected chi connectivity index (χ1v) is 4.67. The number of halogens is 2. The summed E-state index contributed by atoms with van der Waals surface area (Å²) in [6, 6.07) is 5.21. The van der Waals surface area contributed by atoms with Gasteiger partial charge in [-0.2, -0.15) is 0 Å². The van der Waals surface area contributed by atoms with Crippen LogP contribution in [0.3, 0.4) is 0 Å². The number of hydrogen-bond acceptors (Lipinski definition) is 3. The lowest BCUT2D eigenvalue weighted by molar-refractivity contribution is 0.577. The molecule has 0 amide bonds. The maximum Gasteiger partial charge on any atom is 0.168 e. The van der Waals surface area contributed by atoms with Crippen molar-refractivity contribution >= 4 is 27.5 Å². The third-order valence-electron chi connectivity index (χ3n) is 1.48. The van der Waals surface area contributed by atoms with E-state index in [-0.39, 0.29) is 0 Å². The van der Waals surface area contributed by atoms with Gasteiger partial charge >= 0.3 is 0 Å². The molecule has 0 unspecified atom stereocenters. The quantitative estimate of drug-likeness (QED) is 0.790. The van der Waals surface area contributed by atoms with Crippen LogP contribution in [0, 0.1) is 0 Å². The highest BCUT2D eigenvalue weighted by atomic mass is 79.9. The van der Waals surface area contributed by atoms with Gasteiger partial charge in [0.25, 0.3) is 0 Å². The lowest BCUT2D eigenvalue weighted by atomic mass is 10.3. The predicted octanol–water partition coefficient (Wildman–Crippen LogP) is 3.15. The molecule has 0 aliphatic heterocycles. The van der Waals surface area contributed by atoms with E-state index >= 15 is 0 Å². The summed E-state index contributed by atoms with van der Waals surface area (Å²) in [6.45, 7) is 0. The Morgan fingerprint density at radius 2 is 2.08 bits per heavy atom. The molecule has 5 heteroatoms. The molecule has 2 aromatic heterocycles. The monoisotopic (exact) mass is 258 g/mol. The number of rotatable bonds is 1. The van der Waals surface area contributed by atoms with Crippen LogP contribution in [0.5, 0.6) is 0 Å². The Kier molecular flexibility index (Phi) is 2.33. The fourth-order valence-corrected chi connectivity index (χ4v) is 1.42. The van der Waals surface area contributed by atoms with Crippen LogP contribution in [-0.2, 0) is 0 Å². The summed E-state index contributed by atoms with van der Waals surface area (Å²) in [5, 5.41) is 7.95. The summed E-state index contributed by atoms with van der Waals surface area (Å²) >= 11 is 8.92. The fourth-order valence-electron chi connectivity index (χ4n) is 0.914. The number of furan rings is 1. The third-order valence-corrected chi connectivity index (χ3v) is 2.31. The highest BCUT2D eigenvalue weighted by Gasteiger charge is 2.07. The molecule has 3 nitrogen and oxygen atoms in total. The van der Waals surface area contributed by atoms with Crippen molar-refractivity contribution in [2.24, 2.45) is 0 Å². The van der Waals surface area contributed by atoms with E-state index in [1.807, 2.05) is 0 Å². The van der Waals surface area contributed by atoms with Gasteiger partial charge in [0.05, 0.1) is 10.7 Å². The molecule has 0 aliphatic carbocycles. The van der Waals surface area contributed by atoms with E-state index in [1.165, 1.54) is 0 Å². The van der Waals surface area contributed by atoms with Gasteiger partial charge in [0.1, 0.15) is 5.69 Å². The van der Waals surface area contributed by atoms with Crippen molar-refractivity contribution in [2.45, 2.75) is 0 Å². The first-order valence-electron chi connectivity index (χ1n) is 3.50. The number of aromatic nitrogens is 2. The Balaban J connectivity index is 2.47. The van der Waals surface area contributed by atoms with Gasteiger partial charge in [0.15, 0.2) is 10.9 Å². The first-order chi connectivity index (χ1) is 6.27. The van der Waals surface area contributed by atoms with Gasteiger partial charge in [0.2, 0.25) is 0 Å². The van der Waals surface area contributed by atoms with E-state index in [1.54, 1.807) is 24.5 Å². The van der Waals surface area contributed by atoms with E-state index in [4.69, 9.17) is 16.0 Å². The second-order valence-corrected chi connectivity index (χ2v) is 3.58. The SMILES string of the molecule is Clc1ccc(-c2occc2Br)nn1. The standard InChI is InChI=1S/C8H4BrClN2O/c9-5-3-4-13-8(5)6-1-2-7(10)12-11-6/h1-4H. The first kappa shape index (κ1) is 8.72. The molecule has 2 heterocycles. The molecule has 0 fully saturated rings. The molecule has 0 spiro atoms.